The van der Waals surface area contributed by atoms with Crippen LogP contribution in [0, 0.1) is 17.7 Å². The van der Waals surface area contributed by atoms with E-state index >= 15 is 0 Å². The van der Waals surface area contributed by atoms with Crippen LogP contribution < -0.4 is 10.6 Å². The Morgan fingerprint density at radius 1 is 1.03 bits per heavy atom. The molecule has 0 bridgehead atoms. The number of hydrogen-bond acceptors (Lipinski definition) is 4. The first-order chi connectivity index (χ1) is 16.8. The monoisotopic (exact) mass is 500 g/mol. The molecule has 7 nitrogen and oxygen atoms in total. The van der Waals surface area contributed by atoms with Gasteiger partial charge in [0.2, 0.25) is 11.8 Å². The number of hydrogen-bond donors (Lipinski definition) is 2. The lowest BCUT2D eigenvalue weighted by molar-refractivity contribution is -0.125. The van der Waals surface area contributed by atoms with E-state index in [0.717, 1.165) is 31.6 Å². The Bertz CT molecular complexity index is 1050. The Morgan fingerprint density at radius 2 is 1.71 bits per heavy atom. The first-order valence-corrected chi connectivity index (χ1v) is 12.2. The van der Waals surface area contributed by atoms with Crippen LogP contribution in [0.4, 0.5) is 4.39 Å². The van der Waals surface area contributed by atoms with Gasteiger partial charge >= 0.3 is 0 Å². The van der Waals surface area contributed by atoms with Gasteiger partial charge in [-0.15, -0.1) is 0 Å². The predicted octanol–water partition coefficient (Wildman–Crippen LogP) is 2.87. The number of amides is 3. The zero-order chi connectivity index (χ0) is 24.9. The molecule has 2 aliphatic rings. The highest BCUT2D eigenvalue weighted by Gasteiger charge is 2.42. The van der Waals surface area contributed by atoms with Gasteiger partial charge in [0.15, 0.2) is 0 Å². The summed E-state index contributed by atoms with van der Waals surface area (Å²) in [5.74, 6) is -0.755. The van der Waals surface area contributed by atoms with Gasteiger partial charge in [0.1, 0.15) is 5.82 Å². The van der Waals surface area contributed by atoms with Crippen LogP contribution in [0.2, 0.25) is 5.02 Å². The van der Waals surface area contributed by atoms with Crippen LogP contribution in [0.25, 0.3) is 0 Å². The van der Waals surface area contributed by atoms with Gasteiger partial charge in [-0.05, 0) is 36.0 Å². The summed E-state index contributed by atoms with van der Waals surface area (Å²) in [6.07, 6.45) is 0.725. The molecule has 0 saturated carbocycles. The van der Waals surface area contributed by atoms with Gasteiger partial charge in [-0.3, -0.25) is 14.4 Å². The fourth-order valence-corrected chi connectivity index (χ4v) is 5.31. The Kier molecular flexibility index (Phi) is 8.03. The zero-order valence-electron chi connectivity index (χ0n) is 19.7. The largest absolute Gasteiger partial charge is 0.348 e. The smallest absolute Gasteiger partial charge is 0.258 e. The van der Waals surface area contributed by atoms with E-state index in [1.165, 1.54) is 25.1 Å². The van der Waals surface area contributed by atoms with Crippen molar-refractivity contribution < 1.29 is 18.8 Å². The van der Waals surface area contributed by atoms with Crippen molar-refractivity contribution in [3.63, 3.8) is 0 Å². The number of carbonyl (C=O) groups is 3. The van der Waals surface area contributed by atoms with Gasteiger partial charge in [0, 0.05) is 39.6 Å². The summed E-state index contributed by atoms with van der Waals surface area (Å²) < 4.78 is 14.2. The van der Waals surface area contributed by atoms with Crippen molar-refractivity contribution in [1.82, 2.24) is 20.4 Å². The van der Waals surface area contributed by atoms with Crippen LogP contribution >= 0.6 is 11.6 Å². The average molecular weight is 501 g/mol. The molecule has 2 aliphatic heterocycles. The normalized spacial score (nSPS) is 20.4. The third-order valence-electron chi connectivity index (χ3n) is 6.79. The van der Waals surface area contributed by atoms with Gasteiger partial charge < -0.3 is 20.4 Å². The van der Waals surface area contributed by atoms with Gasteiger partial charge in [-0.1, -0.05) is 48.0 Å². The molecule has 0 aromatic heterocycles. The molecule has 2 fully saturated rings. The van der Waals surface area contributed by atoms with E-state index < -0.39 is 5.82 Å². The quantitative estimate of drug-likeness (QED) is 0.584. The predicted molar refractivity (Wildman–Crippen MR) is 131 cm³/mol. The Balaban J connectivity index is 1.32. The number of nitrogens with zero attached hydrogens (tertiary/aromatic N) is 2. The Labute approximate surface area is 209 Å². The van der Waals surface area contributed by atoms with Crippen LogP contribution in [0.1, 0.15) is 35.3 Å². The second-order valence-corrected chi connectivity index (χ2v) is 9.72. The first-order valence-electron chi connectivity index (χ1n) is 11.9. The second-order valence-electron chi connectivity index (χ2n) is 9.32. The third kappa shape index (κ3) is 6.18. The van der Waals surface area contributed by atoms with Gasteiger partial charge in [-0.25, -0.2) is 4.39 Å². The van der Waals surface area contributed by atoms with Crippen LogP contribution in [0.15, 0.2) is 48.5 Å². The molecule has 2 aromatic rings. The molecule has 186 valence electrons. The van der Waals surface area contributed by atoms with Gasteiger partial charge in [-0.2, -0.15) is 0 Å². The van der Waals surface area contributed by atoms with Crippen LogP contribution in [-0.2, 0) is 9.59 Å². The van der Waals surface area contributed by atoms with Crippen molar-refractivity contribution >= 4 is 29.3 Å². The molecule has 2 heterocycles. The summed E-state index contributed by atoms with van der Waals surface area (Å²) in [6, 6.07) is 13.9. The number of rotatable bonds is 8. The van der Waals surface area contributed by atoms with E-state index in [-0.39, 0.29) is 40.9 Å². The van der Waals surface area contributed by atoms with E-state index in [2.05, 4.69) is 15.5 Å². The fourth-order valence-electron chi connectivity index (χ4n) is 5.07. The van der Waals surface area contributed by atoms with Gasteiger partial charge in [0.05, 0.1) is 23.2 Å². The Morgan fingerprint density at radius 3 is 2.34 bits per heavy atom. The lowest BCUT2D eigenvalue weighted by atomic mass is 10.0. The summed E-state index contributed by atoms with van der Waals surface area (Å²) in [5, 5.41) is 5.71. The SMILES string of the molecule is CC(=O)NCC(=O)N[C@@H](CCN1CC2CN(C(=O)c3c(F)cccc3Cl)CC2C1)c1ccccc1. The summed E-state index contributed by atoms with van der Waals surface area (Å²) in [6.45, 7) is 4.98. The van der Waals surface area contributed by atoms with Crippen molar-refractivity contribution in [2.24, 2.45) is 11.8 Å². The standard InChI is InChI=1S/C26H30ClFN4O3/c1-17(33)29-12-24(34)30-23(18-6-3-2-4-7-18)10-11-31-13-19-15-32(16-20(19)14-31)26(35)25-21(27)8-5-9-22(25)28/h2-9,19-20,23H,10-16H2,1H3,(H,29,33)(H,30,34)/t19?,20?,23-/m0/s1. The molecule has 0 aliphatic carbocycles. The summed E-state index contributed by atoms with van der Waals surface area (Å²) in [5.41, 5.74) is 0.966. The van der Waals surface area contributed by atoms with Crippen molar-refractivity contribution in [3.05, 3.63) is 70.5 Å². The maximum absolute atomic E-state index is 14.2. The molecule has 2 unspecified atom stereocenters. The molecule has 4 rings (SSSR count). The molecule has 2 aromatic carbocycles. The van der Waals surface area contributed by atoms with Crippen molar-refractivity contribution in [2.75, 3.05) is 39.3 Å². The summed E-state index contributed by atoms with van der Waals surface area (Å²) in [7, 11) is 0. The number of halogens is 2. The van der Waals surface area contributed by atoms with E-state index in [0.29, 0.717) is 24.9 Å². The molecule has 0 spiro atoms. The van der Waals surface area contributed by atoms with Crippen molar-refractivity contribution in [2.45, 2.75) is 19.4 Å². The minimum Gasteiger partial charge on any atom is -0.348 e. The van der Waals surface area contributed by atoms with Crippen LogP contribution in [-0.4, -0.2) is 66.8 Å². The highest BCUT2D eigenvalue weighted by atomic mass is 35.5. The highest BCUT2D eigenvalue weighted by molar-refractivity contribution is 6.33. The second kappa shape index (κ2) is 11.2. The number of benzene rings is 2. The molecular weight excluding hydrogens is 471 g/mol. The molecule has 3 amide bonds. The number of likely N-dealkylation sites (tertiary alicyclic amines) is 2. The topological polar surface area (TPSA) is 81.8 Å². The lowest BCUT2D eigenvalue weighted by Gasteiger charge is -2.25. The van der Waals surface area contributed by atoms with E-state index in [1.54, 1.807) is 4.90 Å². The Hall–Kier alpha value is -2.97. The molecule has 35 heavy (non-hydrogen) atoms. The number of fused-ring (bicyclic) bond motifs is 1. The van der Waals surface area contributed by atoms with Crippen LogP contribution in [0.5, 0.6) is 0 Å². The molecule has 2 N–H and O–H groups in total. The van der Waals surface area contributed by atoms with E-state index in [4.69, 9.17) is 11.6 Å². The van der Waals surface area contributed by atoms with Crippen LogP contribution in [0.3, 0.4) is 0 Å². The minimum atomic E-state index is -0.589. The van der Waals surface area contributed by atoms with Gasteiger partial charge in [0.25, 0.3) is 5.91 Å². The maximum Gasteiger partial charge on any atom is 0.258 e. The molecule has 3 atom stereocenters. The number of nitrogens with one attached hydrogen (secondary N) is 2. The zero-order valence-corrected chi connectivity index (χ0v) is 20.4. The van der Waals surface area contributed by atoms with E-state index in [1.807, 2.05) is 30.3 Å². The minimum absolute atomic E-state index is 0.0493. The summed E-state index contributed by atoms with van der Waals surface area (Å²) in [4.78, 5) is 40.4. The molecular formula is C26H30ClFN4O3. The fraction of sp³-hybridized carbons (Fsp3) is 0.423. The molecule has 2 saturated heterocycles. The average Bonchev–Trinajstić information content (AvgIpc) is 3.40. The van der Waals surface area contributed by atoms with Crippen molar-refractivity contribution in [1.29, 1.82) is 0 Å². The first kappa shape index (κ1) is 25.1. The lowest BCUT2D eigenvalue weighted by Crippen LogP contribution is -2.39. The highest BCUT2D eigenvalue weighted by Crippen LogP contribution is 2.33. The number of carbonyl (C=O) groups excluding carboxylic acids is 3. The maximum atomic E-state index is 14.2. The van der Waals surface area contributed by atoms with Crippen molar-refractivity contribution in [3.8, 4) is 0 Å². The summed E-state index contributed by atoms with van der Waals surface area (Å²) >= 11 is 6.09. The van der Waals surface area contributed by atoms with E-state index in [9.17, 15) is 18.8 Å². The molecule has 0 radical (unpaired) electrons. The molecule has 9 heteroatoms. The third-order valence-corrected chi connectivity index (χ3v) is 7.11.